The number of aromatic nitrogens is 1. The molecule has 3 rings (SSSR count). The van der Waals surface area contributed by atoms with E-state index in [2.05, 4.69) is 15.6 Å². The molecular formula is C24H25F2N3O4. The summed E-state index contributed by atoms with van der Waals surface area (Å²) in [6, 6.07) is 12.6. The highest BCUT2D eigenvalue weighted by atomic mass is 19.1. The predicted molar refractivity (Wildman–Crippen MR) is 119 cm³/mol. The van der Waals surface area contributed by atoms with Crippen LogP contribution in [0.2, 0.25) is 0 Å². The first-order valence-electron chi connectivity index (χ1n) is 10.3. The number of benzene rings is 2. The Morgan fingerprint density at radius 3 is 2.55 bits per heavy atom. The molecule has 0 aliphatic heterocycles. The second-order valence-electron chi connectivity index (χ2n) is 7.49. The van der Waals surface area contributed by atoms with Gasteiger partial charge in [-0.2, -0.15) is 0 Å². The second kappa shape index (κ2) is 11.3. The molecule has 0 radical (unpaired) electrons. The smallest absolute Gasteiger partial charge is 0.339 e. The van der Waals surface area contributed by atoms with Crippen LogP contribution in [0.3, 0.4) is 0 Å². The zero-order valence-electron chi connectivity index (χ0n) is 18.0. The van der Waals surface area contributed by atoms with Crippen molar-refractivity contribution < 1.29 is 28.5 Å². The number of anilines is 1. The number of nitrogens with one attached hydrogen (secondary N) is 2. The minimum absolute atomic E-state index is 0.0340. The Morgan fingerprint density at radius 1 is 1.09 bits per heavy atom. The third kappa shape index (κ3) is 6.96. The number of aliphatic hydroxyl groups excluding tert-OH is 1. The summed E-state index contributed by atoms with van der Waals surface area (Å²) in [6.07, 6.45) is 0.415. The normalized spacial score (nSPS) is 12.7. The van der Waals surface area contributed by atoms with Gasteiger partial charge in [0.25, 0.3) is 0 Å². The van der Waals surface area contributed by atoms with Crippen molar-refractivity contribution in [1.29, 1.82) is 0 Å². The van der Waals surface area contributed by atoms with Gasteiger partial charge in [-0.3, -0.25) is 0 Å². The molecule has 0 fully saturated rings. The van der Waals surface area contributed by atoms with Crippen LogP contribution in [0, 0.1) is 11.6 Å². The number of aromatic carboxylic acids is 1. The number of carboxylic acid groups (broad SMARTS) is 1. The van der Waals surface area contributed by atoms with E-state index >= 15 is 0 Å². The fraction of sp³-hybridized carbons (Fsp3) is 0.250. The number of halogens is 2. The molecule has 9 heteroatoms. The summed E-state index contributed by atoms with van der Waals surface area (Å²) in [6.45, 7) is 0.571. The van der Waals surface area contributed by atoms with Crippen LogP contribution in [-0.4, -0.2) is 47.0 Å². The van der Waals surface area contributed by atoms with Gasteiger partial charge in [0, 0.05) is 25.4 Å². The number of hydrogen-bond acceptors (Lipinski definition) is 6. The minimum atomic E-state index is -1.19. The standard InChI is InChI=1S/C24H25F2N3O4/c1-33-19-5-2-4-15(10-19)13-27-14-22(30)21(11-16-8-17(25)12-18(26)9-16)29-23-20(24(31)32)6-3-7-28-23/h2-10,12,21-22,27,30H,11,13-14H2,1H3,(H,28,29)(H,31,32). The molecule has 2 aromatic carbocycles. The van der Waals surface area contributed by atoms with Crippen molar-refractivity contribution >= 4 is 11.8 Å². The molecule has 0 spiro atoms. The number of hydrogen-bond donors (Lipinski definition) is 4. The third-order valence-electron chi connectivity index (χ3n) is 5.02. The molecule has 2 unspecified atom stereocenters. The minimum Gasteiger partial charge on any atom is -0.497 e. The van der Waals surface area contributed by atoms with E-state index in [1.54, 1.807) is 7.11 Å². The molecule has 33 heavy (non-hydrogen) atoms. The maximum atomic E-state index is 13.7. The van der Waals surface area contributed by atoms with Crippen LogP contribution in [0.5, 0.6) is 5.75 Å². The third-order valence-corrected chi connectivity index (χ3v) is 5.02. The van der Waals surface area contributed by atoms with Crippen LogP contribution in [0.4, 0.5) is 14.6 Å². The zero-order chi connectivity index (χ0) is 23.8. The first kappa shape index (κ1) is 24.1. The lowest BCUT2D eigenvalue weighted by molar-refractivity contribution is 0.0697. The van der Waals surface area contributed by atoms with Gasteiger partial charge in [0.15, 0.2) is 0 Å². The maximum Gasteiger partial charge on any atom is 0.339 e. The average molecular weight is 457 g/mol. The lowest BCUT2D eigenvalue weighted by Gasteiger charge is -2.26. The molecule has 0 amide bonds. The number of aliphatic hydroxyl groups is 1. The summed E-state index contributed by atoms with van der Waals surface area (Å²) in [5.74, 6) is -1.90. The molecule has 0 saturated heterocycles. The van der Waals surface area contributed by atoms with Crippen LogP contribution in [0.25, 0.3) is 0 Å². The van der Waals surface area contributed by atoms with Crippen molar-refractivity contribution in [3.8, 4) is 5.75 Å². The van der Waals surface area contributed by atoms with Crippen LogP contribution in [0.15, 0.2) is 60.8 Å². The van der Waals surface area contributed by atoms with Crippen LogP contribution >= 0.6 is 0 Å². The molecule has 1 aromatic heterocycles. The molecule has 0 aliphatic carbocycles. The quantitative estimate of drug-likeness (QED) is 0.351. The summed E-state index contributed by atoms with van der Waals surface area (Å²) in [7, 11) is 1.57. The van der Waals surface area contributed by atoms with Crippen LogP contribution in [0.1, 0.15) is 21.5 Å². The van der Waals surface area contributed by atoms with E-state index in [-0.39, 0.29) is 24.3 Å². The van der Waals surface area contributed by atoms with Gasteiger partial charge in [0.05, 0.1) is 19.3 Å². The van der Waals surface area contributed by atoms with E-state index in [1.165, 1.54) is 30.5 Å². The van der Waals surface area contributed by atoms with Gasteiger partial charge in [0.1, 0.15) is 28.8 Å². The predicted octanol–water partition coefficient (Wildman–Crippen LogP) is 3.24. The van der Waals surface area contributed by atoms with Gasteiger partial charge in [0.2, 0.25) is 0 Å². The molecule has 2 atom stereocenters. The van der Waals surface area contributed by atoms with E-state index in [9.17, 15) is 23.8 Å². The number of carbonyl (C=O) groups is 1. The highest BCUT2D eigenvalue weighted by molar-refractivity contribution is 5.93. The Labute approximate surface area is 190 Å². The molecule has 0 bridgehead atoms. The van der Waals surface area contributed by atoms with Crippen LogP contribution in [-0.2, 0) is 13.0 Å². The van der Waals surface area contributed by atoms with Gasteiger partial charge in [-0.05, 0) is 53.9 Å². The largest absolute Gasteiger partial charge is 0.497 e. The first-order chi connectivity index (χ1) is 15.9. The van der Waals surface area contributed by atoms with E-state index in [4.69, 9.17) is 4.74 Å². The number of nitrogens with zero attached hydrogens (tertiary/aromatic N) is 1. The Kier molecular flexibility index (Phi) is 8.28. The highest BCUT2D eigenvalue weighted by Gasteiger charge is 2.23. The Balaban J connectivity index is 1.75. The zero-order valence-corrected chi connectivity index (χ0v) is 18.0. The lowest BCUT2D eigenvalue weighted by atomic mass is 10.00. The molecule has 174 valence electrons. The fourth-order valence-corrected chi connectivity index (χ4v) is 3.42. The molecular weight excluding hydrogens is 432 g/mol. The van der Waals surface area contributed by atoms with Crippen molar-refractivity contribution in [3.63, 3.8) is 0 Å². The maximum absolute atomic E-state index is 13.7. The van der Waals surface area contributed by atoms with Gasteiger partial charge in [-0.1, -0.05) is 12.1 Å². The summed E-state index contributed by atoms with van der Waals surface area (Å²) in [5, 5.41) is 26.4. The average Bonchev–Trinajstić information content (AvgIpc) is 2.78. The van der Waals surface area contributed by atoms with Crippen molar-refractivity contribution in [2.75, 3.05) is 19.0 Å². The van der Waals surface area contributed by atoms with Gasteiger partial charge in [-0.15, -0.1) is 0 Å². The van der Waals surface area contributed by atoms with Gasteiger partial charge < -0.3 is 25.6 Å². The Bertz CT molecular complexity index is 1080. The van der Waals surface area contributed by atoms with Crippen molar-refractivity contribution in [2.24, 2.45) is 0 Å². The Hall–Kier alpha value is -3.56. The van der Waals surface area contributed by atoms with E-state index < -0.39 is 29.7 Å². The Morgan fingerprint density at radius 2 is 1.85 bits per heavy atom. The topological polar surface area (TPSA) is 104 Å². The van der Waals surface area contributed by atoms with Gasteiger partial charge in [-0.25, -0.2) is 18.6 Å². The number of rotatable bonds is 11. The lowest BCUT2D eigenvalue weighted by Crippen LogP contribution is -2.42. The van der Waals surface area contributed by atoms with E-state index in [0.29, 0.717) is 17.9 Å². The number of pyridine rings is 1. The SMILES string of the molecule is COc1cccc(CNCC(O)C(Cc2cc(F)cc(F)c2)Nc2ncccc2C(=O)O)c1. The molecule has 7 nitrogen and oxygen atoms in total. The van der Waals surface area contributed by atoms with Gasteiger partial charge >= 0.3 is 5.97 Å². The number of carboxylic acids is 1. The highest BCUT2D eigenvalue weighted by Crippen LogP contribution is 2.18. The summed E-state index contributed by atoms with van der Waals surface area (Å²) in [5.41, 5.74) is 1.17. The van der Waals surface area contributed by atoms with E-state index in [1.807, 2.05) is 24.3 Å². The van der Waals surface area contributed by atoms with E-state index in [0.717, 1.165) is 11.6 Å². The molecule has 1 heterocycles. The first-order valence-corrected chi connectivity index (χ1v) is 10.3. The molecule has 3 aromatic rings. The van der Waals surface area contributed by atoms with Crippen LogP contribution < -0.4 is 15.4 Å². The second-order valence-corrected chi connectivity index (χ2v) is 7.49. The summed E-state index contributed by atoms with van der Waals surface area (Å²) < 4.78 is 32.6. The van der Waals surface area contributed by atoms with Crippen molar-refractivity contribution in [1.82, 2.24) is 10.3 Å². The van der Waals surface area contributed by atoms with Crippen molar-refractivity contribution in [3.05, 3.63) is 89.1 Å². The molecule has 0 saturated carbocycles. The number of methoxy groups -OCH3 is 1. The summed E-state index contributed by atoms with van der Waals surface area (Å²) >= 11 is 0. The fourth-order valence-electron chi connectivity index (χ4n) is 3.42. The molecule has 0 aliphatic rings. The molecule has 4 N–H and O–H groups in total. The number of ether oxygens (including phenoxy) is 1. The monoisotopic (exact) mass is 457 g/mol. The van der Waals surface area contributed by atoms with Crippen molar-refractivity contribution in [2.45, 2.75) is 25.1 Å². The summed E-state index contributed by atoms with van der Waals surface area (Å²) in [4.78, 5) is 15.6.